The lowest BCUT2D eigenvalue weighted by atomic mass is 10.00. The maximum Gasteiger partial charge on any atom is 0.341 e. The average Bonchev–Trinajstić information content (AvgIpc) is 2.89. The molecule has 3 N–H and O–H groups in total. The number of aliphatic hydroxyl groups is 1. The molecule has 19 heavy (non-hydrogen) atoms. The van der Waals surface area contributed by atoms with Gasteiger partial charge in [-0.2, -0.15) is 0 Å². The van der Waals surface area contributed by atoms with Crippen molar-refractivity contribution in [2.75, 3.05) is 5.75 Å². The third-order valence-electron chi connectivity index (χ3n) is 3.81. The van der Waals surface area contributed by atoms with Crippen molar-refractivity contribution >= 4 is 17.7 Å². The Labute approximate surface area is 113 Å². The van der Waals surface area contributed by atoms with E-state index in [2.05, 4.69) is 15.2 Å². The number of aliphatic hydroxyl groups excluding tert-OH is 1. The molecular formula is C11H16N4O3S. The van der Waals surface area contributed by atoms with Crippen LogP contribution in [-0.2, 0) is 4.79 Å². The van der Waals surface area contributed by atoms with Crippen LogP contribution in [0.5, 0.6) is 0 Å². The first-order chi connectivity index (χ1) is 9.13. The third kappa shape index (κ3) is 2.55. The van der Waals surface area contributed by atoms with E-state index in [1.54, 1.807) is 0 Å². The van der Waals surface area contributed by atoms with E-state index in [9.17, 15) is 14.7 Å². The topological polar surface area (TPSA) is 102 Å². The van der Waals surface area contributed by atoms with Crippen LogP contribution in [-0.4, -0.2) is 55.0 Å². The van der Waals surface area contributed by atoms with Crippen LogP contribution >= 0.6 is 11.8 Å². The molecule has 1 aromatic rings. The van der Waals surface area contributed by atoms with Crippen LogP contribution in [0.25, 0.3) is 0 Å². The molecule has 7 nitrogen and oxygen atoms in total. The van der Waals surface area contributed by atoms with Crippen LogP contribution in [0.15, 0.2) is 9.95 Å². The Balaban J connectivity index is 1.60. The number of thioether (sulfide) groups is 1. The van der Waals surface area contributed by atoms with Gasteiger partial charge in [-0.15, -0.1) is 5.10 Å². The van der Waals surface area contributed by atoms with Crippen molar-refractivity contribution in [1.29, 1.82) is 0 Å². The van der Waals surface area contributed by atoms with Gasteiger partial charge in [-0.3, -0.25) is 9.78 Å². The summed E-state index contributed by atoms with van der Waals surface area (Å²) in [7, 11) is 0. The molecule has 2 aliphatic heterocycles. The molecule has 2 saturated heterocycles. The van der Waals surface area contributed by atoms with Gasteiger partial charge in [0.25, 0.3) is 0 Å². The van der Waals surface area contributed by atoms with Crippen molar-refractivity contribution in [2.45, 2.75) is 49.0 Å². The van der Waals surface area contributed by atoms with E-state index in [4.69, 9.17) is 0 Å². The number of carbonyl (C=O) groups is 1. The molecular weight excluding hydrogens is 268 g/mol. The maximum absolute atomic E-state index is 12.2. The number of piperidine rings is 1. The average molecular weight is 284 g/mol. The Kier molecular flexibility index (Phi) is 3.36. The van der Waals surface area contributed by atoms with Crippen LogP contribution in [0.2, 0.25) is 0 Å². The maximum atomic E-state index is 12.2. The van der Waals surface area contributed by atoms with E-state index >= 15 is 0 Å². The highest BCUT2D eigenvalue weighted by Crippen LogP contribution is 2.36. The molecule has 0 radical (unpaired) electrons. The van der Waals surface area contributed by atoms with Crippen molar-refractivity contribution in [3.05, 3.63) is 10.5 Å². The first kappa shape index (κ1) is 12.7. The van der Waals surface area contributed by atoms with E-state index in [-0.39, 0.29) is 35.5 Å². The predicted molar refractivity (Wildman–Crippen MR) is 68.8 cm³/mol. The number of fused-ring (bicyclic) bond motifs is 2. The lowest BCUT2D eigenvalue weighted by Gasteiger charge is -2.37. The van der Waals surface area contributed by atoms with Gasteiger partial charge in [-0.25, -0.2) is 9.89 Å². The summed E-state index contributed by atoms with van der Waals surface area (Å²) in [4.78, 5) is 27.5. The standard InChI is InChI=1S/C11H16N4O3S/c16-8-3-6-1-2-7(4-8)15(6)9(17)5-19-11-12-10(18)13-14-11/h6-8,16H,1-5H2,(H2,12,13,14,18)/t6-,7+,8?. The molecule has 3 atom stereocenters. The number of hydrogen-bond donors (Lipinski definition) is 3. The van der Waals surface area contributed by atoms with Gasteiger partial charge >= 0.3 is 5.69 Å². The zero-order chi connectivity index (χ0) is 13.4. The molecule has 0 spiro atoms. The van der Waals surface area contributed by atoms with Crippen molar-refractivity contribution in [2.24, 2.45) is 0 Å². The molecule has 2 fully saturated rings. The van der Waals surface area contributed by atoms with Gasteiger partial charge in [0, 0.05) is 12.1 Å². The van der Waals surface area contributed by atoms with Crippen LogP contribution < -0.4 is 5.69 Å². The molecule has 0 aromatic carbocycles. The fraction of sp³-hybridized carbons (Fsp3) is 0.727. The fourth-order valence-corrected chi connectivity index (χ4v) is 3.77. The molecule has 2 aliphatic rings. The number of amides is 1. The minimum atomic E-state index is -0.365. The highest BCUT2D eigenvalue weighted by Gasteiger charge is 2.42. The number of rotatable bonds is 3. The summed E-state index contributed by atoms with van der Waals surface area (Å²) in [5.74, 6) is 0.331. The Morgan fingerprint density at radius 3 is 2.68 bits per heavy atom. The second-order valence-electron chi connectivity index (χ2n) is 5.08. The van der Waals surface area contributed by atoms with Crippen molar-refractivity contribution in [3.8, 4) is 0 Å². The Bertz CT molecular complexity index is 514. The monoisotopic (exact) mass is 284 g/mol. The van der Waals surface area contributed by atoms with Gasteiger partial charge in [-0.1, -0.05) is 11.8 Å². The second kappa shape index (κ2) is 5.01. The molecule has 3 heterocycles. The molecule has 2 bridgehead atoms. The number of nitrogens with one attached hydrogen (secondary N) is 2. The summed E-state index contributed by atoms with van der Waals surface area (Å²) in [6.07, 6.45) is 3.07. The largest absolute Gasteiger partial charge is 0.393 e. The lowest BCUT2D eigenvalue weighted by molar-refractivity contribution is -0.134. The van der Waals surface area contributed by atoms with E-state index in [1.165, 1.54) is 11.8 Å². The van der Waals surface area contributed by atoms with Crippen molar-refractivity contribution in [1.82, 2.24) is 20.1 Å². The van der Waals surface area contributed by atoms with Gasteiger partial charge in [0.05, 0.1) is 11.9 Å². The van der Waals surface area contributed by atoms with Gasteiger partial charge in [-0.05, 0) is 25.7 Å². The minimum Gasteiger partial charge on any atom is -0.393 e. The number of H-pyrrole nitrogens is 2. The summed E-state index contributed by atoms with van der Waals surface area (Å²) in [5, 5.41) is 16.2. The first-order valence-electron chi connectivity index (χ1n) is 6.40. The summed E-state index contributed by atoms with van der Waals surface area (Å²) in [5.41, 5.74) is -0.365. The van der Waals surface area contributed by atoms with Gasteiger partial charge < -0.3 is 10.0 Å². The summed E-state index contributed by atoms with van der Waals surface area (Å²) in [6, 6.07) is 0.361. The molecule has 104 valence electrons. The van der Waals surface area contributed by atoms with Crippen LogP contribution in [0.4, 0.5) is 0 Å². The first-order valence-corrected chi connectivity index (χ1v) is 7.39. The number of hydrogen-bond acceptors (Lipinski definition) is 5. The van der Waals surface area contributed by atoms with E-state index in [0.29, 0.717) is 18.0 Å². The number of nitrogens with zero attached hydrogens (tertiary/aromatic N) is 2. The summed E-state index contributed by atoms with van der Waals surface area (Å²) >= 11 is 1.22. The van der Waals surface area contributed by atoms with Crippen LogP contribution in [0.1, 0.15) is 25.7 Å². The SMILES string of the molecule is O=C(CSc1n[nH]c(=O)[nH]1)N1[C@@H]2CC[C@H]1CC(O)C2. The zero-order valence-electron chi connectivity index (χ0n) is 10.3. The predicted octanol–water partition coefficient (Wildman–Crippen LogP) is -0.296. The van der Waals surface area contributed by atoms with Crippen molar-refractivity contribution in [3.63, 3.8) is 0 Å². The Hall–Kier alpha value is -1.28. The highest BCUT2D eigenvalue weighted by molar-refractivity contribution is 7.99. The fourth-order valence-electron chi connectivity index (χ4n) is 3.08. The molecule has 1 unspecified atom stereocenters. The van der Waals surface area contributed by atoms with E-state index in [0.717, 1.165) is 12.8 Å². The zero-order valence-corrected chi connectivity index (χ0v) is 11.2. The number of aromatic nitrogens is 3. The Morgan fingerprint density at radius 2 is 2.11 bits per heavy atom. The molecule has 1 amide bonds. The third-order valence-corrected chi connectivity index (χ3v) is 4.67. The molecule has 0 aliphatic carbocycles. The van der Waals surface area contributed by atoms with E-state index in [1.807, 2.05) is 4.90 Å². The smallest absolute Gasteiger partial charge is 0.341 e. The second-order valence-corrected chi connectivity index (χ2v) is 6.05. The van der Waals surface area contributed by atoms with Crippen LogP contribution in [0.3, 0.4) is 0 Å². The summed E-state index contributed by atoms with van der Waals surface area (Å²) in [6.45, 7) is 0. The van der Waals surface area contributed by atoms with Gasteiger partial charge in [0.15, 0.2) is 5.16 Å². The Morgan fingerprint density at radius 1 is 1.42 bits per heavy atom. The van der Waals surface area contributed by atoms with Gasteiger partial charge in [0.1, 0.15) is 0 Å². The quantitative estimate of drug-likeness (QED) is 0.662. The van der Waals surface area contributed by atoms with Gasteiger partial charge in [0.2, 0.25) is 5.91 Å². The molecule has 1 aromatic heterocycles. The normalized spacial score (nSPS) is 29.7. The lowest BCUT2D eigenvalue weighted by Crippen LogP contribution is -2.48. The number of carbonyl (C=O) groups excluding carboxylic acids is 1. The highest BCUT2D eigenvalue weighted by atomic mass is 32.2. The van der Waals surface area contributed by atoms with E-state index < -0.39 is 0 Å². The molecule has 8 heteroatoms. The molecule has 3 rings (SSSR count). The van der Waals surface area contributed by atoms with Crippen LogP contribution in [0, 0.1) is 0 Å². The number of aromatic amines is 2. The minimum absolute atomic E-state index is 0.0632. The summed E-state index contributed by atoms with van der Waals surface area (Å²) < 4.78 is 0. The van der Waals surface area contributed by atoms with Crippen molar-refractivity contribution < 1.29 is 9.90 Å². The molecule has 0 saturated carbocycles.